The maximum absolute atomic E-state index is 13.1. The van der Waals surface area contributed by atoms with Crippen LogP contribution in [0.15, 0.2) is 60.7 Å². The second-order valence-corrected chi connectivity index (χ2v) is 9.21. The molecule has 0 spiro atoms. The van der Waals surface area contributed by atoms with Crippen molar-refractivity contribution in [3.8, 4) is 0 Å². The van der Waals surface area contributed by atoms with Crippen LogP contribution in [-0.4, -0.2) is 22.4 Å². The first-order chi connectivity index (χ1) is 16.6. The molecule has 7 nitrogen and oxygen atoms in total. The minimum Gasteiger partial charge on any atom is -0.319 e. The molecule has 35 heavy (non-hydrogen) atoms. The first kappa shape index (κ1) is 25.2. The number of nitrogens with one attached hydrogen (secondary N) is 3. The van der Waals surface area contributed by atoms with E-state index in [4.69, 9.17) is 58.0 Å². The summed E-state index contributed by atoms with van der Waals surface area (Å²) in [5.74, 6) is -2.70. The molecule has 0 atom stereocenters. The van der Waals surface area contributed by atoms with Crippen LogP contribution in [0, 0.1) is 0 Å². The predicted octanol–water partition coefficient (Wildman–Crippen LogP) is 6.87. The Balaban J connectivity index is 1.65. The van der Waals surface area contributed by atoms with Crippen molar-refractivity contribution in [2.45, 2.75) is 0 Å². The molecule has 0 aliphatic carbocycles. The van der Waals surface area contributed by atoms with Crippen LogP contribution in [0.25, 0.3) is 10.9 Å². The molecule has 3 amide bonds. The van der Waals surface area contributed by atoms with Crippen LogP contribution >= 0.6 is 58.0 Å². The van der Waals surface area contributed by atoms with Gasteiger partial charge in [0, 0.05) is 15.4 Å². The quantitative estimate of drug-likeness (QED) is 0.234. The van der Waals surface area contributed by atoms with Gasteiger partial charge in [0.05, 0.1) is 32.0 Å². The molecule has 1 aromatic heterocycles. The number of rotatable bonds is 4. The van der Waals surface area contributed by atoms with Gasteiger partial charge < -0.3 is 10.6 Å². The first-order valence-corrected chi connectivity index (χ1v) is 11.7. The zero-order chi connectivity index (χ0) is 25.3. The summed E-state index contributed by atoms with van der Waals surface area (Å²) in [4.78, 5) is 38.4. The van der Waals surface area contributed by atoms with Gasteiger partial charge in [0.1, 0.15) is 5.69 Å². The Hall–Kier alpha value is -2.94. The van der Waals surface area contributed by atoms with E-state index in [0.29, 0.717) is 26.6 Å². The maximum atomic E-state index is 13.1. The fourth-order valence-electron chi connectivity index (χ4n) is 3.18. The highest BCUT2D eigenvalue weighted by Crippen LogP contribution is 2.30. The van der Waals surface area contributed by atoms with E-state index < -0.39 is 17.7 Å². The molecule has 12 heteroatoms. The summed E-state index contributed by atoms with van der Waals surface area (Å²) < 4.78 is 1.17. The summed E-state index contributed by atoms with van der Waals surface area (Å²) >= 11 is 30.2. The minimum atomic E-state index is -1.06. The molecule has 0 saturated heterocycles. The molecule has 178 valence electrons. The number of aromatic nitrogens is 1. The fraction of sp³-hybridized carbons (Fsp3) is 0. The van der Waals surface area contributed by atoms with Gasteiger partial charge in [-0.3, -0.25) is 19.8 Å². The minimum absolute atomic E-state index is 0.00946. The molecular weight excluding hydrogens is 558 g/mol. The molecule has 4 rings (SSSR count). The van der Waals surface area contributed by atoms with Crippen LogP contribution in [0.5, 0.6) is 0 Å². The Bertz CT molecular complexity index is 1500. The lowest BCUT2D eigenvalue weighted by Crippen LogP contribution is -2.36. The van der Waals surface area contributed by atoms with Crippen LogP contribution in [0.4, 0.5) is 11.4 Å². The number of benzene rings is 3. The van der Waals surface area contributed by atoms with E-state index in [9.17, 15) is 14.4 Å². The second kappa shape index (κ2) is 10.4. The van der Waals surface area contributed by atoms with Crippen molar-refractivity contribution < 1.29 is 14.4 Å². The Morgan fingerprint density at radius 3 is 2.14 bits per heavy atom. The first-order valence-electron chi connectivity index (χ1n) is 9.78. The molecule has 3 N–H and O–H groups in total. The lowest BCUT2D eigenvalue weighted by atomic mass is 10.2. The molecule has 0 radical (unpaired) electrons. The number of amides is 3. The third-order valence-corrected chi connectivity index (χ3v) is 6.40. The number of carbonyl (C=O) groups is 3. The molecule has 0 unspecified atom stereocenters. The molecule has 0 fully saturated rings. The Labute approximate surface area is 223 Å². The van der Waals surface area contributed by atoms with E-state index in [2.05, 4.69) is 16.1 Å². The van der Waals surface area contributed by atoms with Gasteiger partial charge in [-0.05, 0) is 54.6 Å². The van der Waals surface area contributed by atoms with Crippen LogP contribution in [0.1, 0.15) is 10.5 Å². The number of anilines is 2. The number of hydrogen-bond acceptors (Lipinski definition) is 3. The summed E-state index contributed by atoms with van der Waals surface area (Å²) in [6.45, 7) is 0. The maximum Gasteiger partial charge on any atom is 0.328 e. The average Bonchev–Trinajstić information content (AvgIpc) is 3.16. The fourth-order valence-corrected chi connectivity index (χ4v) is 4.17. The lowest BCUT2D eigenvalue weighted by Gasteiger charge is -2.14. The zero-order valence-electron chi connectivity index (χ0n) is 17.3. The Kier molecular flexibility index (Phi) is 7.44. The Morgan fingerprint density at radius 1 is 0.686 bits per heavy atom. The molecule has 0 aliphatic heterocycles. The molecular formula is C23H13Cl5N4O3. The average molecular weight is 571 g/mol. The van der Waals surface area contributed by atoms with E-state index >= 15 is 0 Å². The SMILES string of the molecule is O=C(Nc1cccc(Cl)c1Cl)C(=O)Nn1c(C(=O)Nc2ccc(Cl)cc2Cl)cc2cc(Cl)ccc21. The number of hydrogen-bond donors (Lipinski definition) is 3. The monoisotopic (exact) mass is 568 g/mol. The second-order valence-electron chi connectivity index (χ2n) is 7.14. The number of nitrogens with zero attached hydrogens (tertiary/aromatic N) is 1. The van der Waals surface area contributed by atoms with Crippen LogP contribution in [-0.2, 0) is 9.59 Å². The molecule has 1 heterocycles. The van der Waals surface area contributed by atoms with Crippen molar-refractivity contribution in [1.29, 1.82) is 0 Å². The highest BCUT2D eigenvalue weighted by atomic mass is 35.5. The topological polar surface area (TPSA) is 92.2 Å². The van der Waals surface area contributed by atoms with Crippen molar-refractivity contribution in [2.75, 3.05) is 16.1 Å². The lowest BCUT2D eigenvalue weighted by molar-refractivity contribution is -0.133. The smallest absolute Gasteiger partial charge is 0.319 e. The molecule has 0 aliphatic rings. The van der Waals surface area contributed by atoms with E-state index in [0.717, 1.165) is 0 Å². The number of fused-ring (bicyclic) bond motifs is 1. The summed E-state index contributed by atoms with van der Waals surface area (Å²) in [5.41, 5.74) is 3.31. The highest BCUT2D eigenvalue weighted by molar-refractivity contribution is 6.46. The van der Waals surface area contributed by atoms with Crippen molar-refractivity contribution in [2.24, 2.45) is 0 Å². The van der Waals surface area contributed by atoms with Gasteiger partial charge in [-0.1, -0.05) is 64.1 Å². The zero-order valence-corrected chi connectivity index (χ0v) is 21.1. The standard InChI is InChI=1S/C23H13Cl5N4O3/c24-12-5-7-18-11(8-12)9-19(21(33)29-16-6-4-13(25)10-15(16)27)32(18)31-23(35)22(34)30-17-3-1-2-14(26)20(17)28/h1-10H,(H,29,33)(H,30,34)(H,31,35). The van der Waals surface area contributed by atoms with E-state index in [-0.39, 0.29) is 26.4 Å². The van der Waals surface area contributed by atoms with Gasteiger partial charge >= 0.3 is 11.8 Å². The summed E-state index contributed by atoms with van der Waals surface area (Å²) in [5, 5.41) is 6.92. The van der Waals surface area contributed by atoms with E-state index in [1.807, 2.05) is 0 Å². The third-order valence-electron chi connectivity index (χ3n) is 4.79. The summed E-state index contributed by atoms with van der Waals surface area (Å²) in [6, 6.07) is 15.4. The predicted molar refractivity (Wildman–Crippen MR) is 141 cm³/mol. The van der Waals surface area contributed by atoms with Gasteiger partial charge in [-0.25, -0.2) is 4.68 Å². The van der Waals surface area contributed by atoms with Crippen LogP contribution in [0.2, 0.25) is 25.1 Å². The number of carbonyl (C=O) groups excluding carboxylic acids is 3. The van der Waals surface area contributed by atoms with Gasteiger partial charge in [0.25, 0.3) is 5.91 Å². The number of halogens is 5. The van der Waals surface area contributed by atoms with Crippen molar-refractivity contribution in [3.63, 3.8) is 0 Å². The molecule has 0 bridgehead atoms. The van der Waals surface area contributed by atoms with Gasteiger partial charge in [0.15, 0.2) is 0 Å². The van der Waals surface area contributed by atoms with Crippen molar-refractivity contribution in [3.05, 3.63) is 91.5 Å². The summed E-state index contributed by atoms with van der Waals surface area (Å²) in [6.07, 6.45) is 0. The van der Waals surface area contributed by atoms with Crippen LogP contribution < -0.4 is 16.1 Å². The third kappa shape index (κ3) is 5.50. The van der Waals surface area contributed by atoms with E-state index in [1.54, 1.807) is 30.3 Å². The molecule has 4 aromatic rings. The largest absolute Gasteiger partial charge is 0.328 e. The van der Waals surface area contributed by atoms with E-state index in [1.165, 1.54) is 35.0 Å². The normalized spacial score (nSPS) is 10.8. The van der Waals surface area contributed by atoms with Crippen LogP contribution in [0.3, 0.4) is 0 Å². The molecule has 0 saturated carbocycles. The summed E-state index contributed by atoms with van der Waals surface area (Å²) in [7, 11) is 0. The van der Waals surface area contributed by atoms with Gasteiger partial charge in [-0.2, -0.15) is 0 Å². The highest BCUT2D eigenvalue weighted by Gasteiger charge is 2.22. The Morgan fingerprint density at radius 2 is 1.40 bits per heavy atom. The van der Waals surface area contributed by atoms with Gasteiger partial charge in [-0.15, -0.1) is 0 Å². The van der Waals surface area contributed by atoms with Gasteiger partial charge in [0.2, 0.25) is 0 Å². The van der Waals surface area contributed by atoms with Crippen molar-refractivity contribution >= 4 is 98.0 Å². The molecule has 3 aromatic carbocycles. The van der Waals surface area contributed by atoms with Crippen molar-refractivity contribution in [1.82, 2.24) is 4.68 Å².